The summed E-state index contributed by atoms with van der Waals surface area (Å²) in [7, 11) is 0. The minimum atomic E-state index is -0.174. The van der Waals surface area contributed by atoms with Gasteiger partial charge in [-0.3, -0.25) is 0 Å². The van der Waals surface area contributed by atoms with Gasteiger partial charge in [-0.15, -0.1) is 11.3 Å². The first-order valence-electron chi connectivity index (χ1n) is 5.66. The van der Waals surface area contributed by atoms with Crippen LogP contribution in [0.25, 0.3) is 0 Å². The number of rotatable bonds is 2. The summed E-state index contributed by atoms with van der Waals surface area (Å²) < 4.78 is 6.06. The Morgan fingerprint density at radius 2 is 2.19 bits per heavy atom. The molecule has 0 aromatic carbocycles. The quantitative estimate of drug-likeness (QED) is 0.864. The first kappa shape index (κ1) is 12.0. The Kier molecular flexibility index (Phi) is 2.85. The number of thiazole rings is 1. The molecule has 0 bridgehead atoms. The van der Waals surface area contributed by atoms with E-state index >= 15 is 0 Å². The maximum absolute atomic E-state index is 6.31. The van der Waals surface area contributed by atoms with Crippen molar-refractivity contribution in [1.82, 2.24) is 4.98 Å². The van der Waals surface area contributed by atoms with Crippen molar-refractivity contribution in [2.45, 2.75) is 51.4 Å². The van der Waals surface area contributed by atoms with Gasteiger partial charge in [-0.05, 0) is 34.1 Å². The van der Waals surface area contributed by atoms with Crippen LogP contribution in [0, 0.1) is 5.92 Å². The van der Waals surface area contributed by atoms with Crippen molar-refractivity contribution in [3.63, 3.8) is 0 Å². The standard InChI is InChI=1S/C12H20N2OS/c1-11(2)5-8(12(3,4)15-11)10(13)9-6-16-7-14-9/h6-8,10H,5,13H2,1-4H3. The van der Waals surface area contributed by atoms with Gasteiger partial charge in [-0.1, -0.05) is 0 Å². The van der Waals surface area contributed by atoms with Gasteiger partial charge in [-0.25, -0.2) is 4.98 Å². The number of nitrogens with two attached hydrogens (primary N) is 1. The highest BCUT2D eigenvalue weighted by atomic mass is 32.1. The fourth-order valence-electron chi connectivity index (χ4n) is 2.76. The van der Waals surface area contributed by atoms with E-state index in [0.717, 1.165) is 12.1 Å². The third-order valence-electron chi connectivity index (χ3n) is 3.37. The van der Waals surface area contributed by atoms with Gasteiger partial charge in [-0.2, -0.15) is 0 Å². The van der Waals surface area contributed by atoms with Crippen LogP contribution in [0.1, 0.15) is 45.9 Å². The zero-order chi connectivity index (χ0) is 12.0. The molecule has 2 atom stereocenters. The van der Waals surface area contributed by atoms with Crippen LogP contribution in [0.3, 0.4) is 0 Å². The zero-order valence-corrected chi connectivity index (χ0v) is 11.2. The molecule has 3 nitrogen and oxygen atoms in total. The Hall–Kier alpha value is -0.450. The van der Waals surface area contributed by atoms with Crippen LogP contribution in [0.5, 0.6) is 0 Å². The lowest BCUT2D eigenvalue weighted by molar-refractivity contribution is -0.0768. The van der Waals surface area contributed by atoms with Crippen molar-refractivity contribution in [2.75, 3.05) is 0 Å². The number of hydrogen-bond donors (Lipinski definition) is 1. The summed E-state index contributed by atoms with van der Waals surface area (Å²) in [6.45, 7) is 8.50. The molecule has 4 heteroatoms. The first-order valence-corrected chi connectivity index (χ1v) is 6.60. The highest BCUT2D eigenvalue weighted by molar-refractivity contribution is 7.07. The Morgan fingerprint density at radius 3 is 2.62 bits per heavy atom. The van der Waals surface area contributed by atoms with Gasteiger partial charge >= 0.3 is 0 Å². The average molecular weight is 240 g/mol. The molecule has 1 aliphatic rings. The van der Waals surface area contributed by atoms with E-state index in [1.54, 1.807) is 11.3 Å². The topological polar surface area (TPSA) is 48.1 Å². The summed E-state index contributed by atoms with van der Waals surface area (Å²) in [6, 6.07) is -0.0250. The molecular formula is C12H20N2OS. The maximum atomic E-state index is 6.31. The Labute approximate surface area is 101 Å². The number of aromatic nitrogens is 1. The molecule has 0 aliphatic carbocycles. The predicted molar refractivity (Wildman–Crippen MR) is 66.4 cm³/mol. The monoisotopic (exact) mass is 240 g/mol. The fraction of sp³-hybridized carbons (Fsp3) is 0.750. The predicted octanol–water partition coefficient (Wildman–Crippen LogP) is 2.74. The zero-order valence-electron chi connectivity index (χ0n) is 10.4. The van der Waals surface area contributed by atoms with Crippen LogP contribution in [0.2, 0.25) is 0 Å². The largest absolute Gasteiger partial charge is 0.369 e. The lowest BCUT2D eigenvalue weighted by atomic mass is 9.81. The molecule has 2 unspecified atom stereocenters. The maximum Gasteiger partial charge on any atom is 0.0795 e. The normalized spacial score (nSPS) is 29.2. The third kappa shape index (κ3) is 2.14. The summed E-state index contributed by atoms with van der Waals surface area (Å²) in [6.07, 6.45) is 0.985. The molecule has 0 radical (unpaired) electrons. The lowest BCUT2D eigenvalue weighted by Crippen LogP contribution is -2.36. The molecule has 1 fully saturated rings. The van der Waals surface area contributed by atoms with Crippen molar-refractivity contribution in [3.05, 3.63) is 16.6 Å². The second-order valence-electron chi connectivity index (χ2n) is 5.71. The molecule has 16 heavy (non-hydrogen) atoms. The molecule has 2 heterocycles. The Morgan fingerprint density at radius 1 is 1.50 bits per heavy atom. The van der Waals surface area contributed by atoms with E-state index in [1.165, 1.54) is 0 Å². The molecular weight excluding hydrogens is 220 g/mol. The van der Waals surface area contributed by atoms with Crippen molar-refractivity contribution in [1.29, 1.82) is 0 Å². The van der Waals surface area contributed by atoms with E-state index in [1.807, 2.05) is 10.9 Å². The van der Waals surface area contributed by atoms with Crippen LogP contribution in [0.4, 0.5) is 0 Å². The molecule has 2 N–H and O–H groups in total. The van der Waals surface area contributed by atoms with E-state index in [2.05, 4.69) is 32.7 Å². The highest BCUT2D eigenvalue weighted by Gasteiger charge is 2.48. The molecule has 0 amide bonds. The van der Waals surface area contributed by atoms with E-state index in [-0.39, 0.29) is 17.2 Å². The van der Waals surface area contributed by atoms with E-state index in [4.69, 9.17) is 10.5 Å². The van der Waals surface area contributed by atoms with Crippen LogP contribution in [-0.4, -0.2) is 16.2 Å². The molecule has 1 saturated heterocycles. The molecule has 1 aromatic rings. The molecule has 1 aromatic heterocycles. The summed E-state index contributed by atoms with van der Waals surface area (Å²) in [5, 5.41) is 2.03. The van der Waals surface area contributed by atoms with Crippen molar-refractivity contribution >= 4 is 11.3 Å². The second kappa shape index (κ2) is 3.79. The molecule has 90 valence electrons. The van der Waals surface area contributed by atoms with Gasteiger partial charge in [0, 0.05) is 11.3 Å². The molecule has 2 rings (SSSR count). The fourth-order valence-corrected chi connectivity index (χ4v) is 3.36. The van der Waals surface area contributed by atoms with Crippen LogP contribution >= 0.6 is 11.3 Å². The number of ether oxygens (including phenoxy) is 1. The van der Waals surface area contributed by atoms with Gasteiger partial charge in [0.15, 0.2) is 0 Å². The Balaban J connectivity index is 2.22. The smallest absolute Gasteiger partial charge is 0.0795 e. The summed E-state index contributed by atoms with van der Waals surface area (Å²) in [5.41, 5.74) is 8.88. The summed E-state index contributed by atoms with van der Waals surface area (Å²) in [5.74, 6) is 0.324. The Bertz CT molecular complexity index is 359. The van der Waals surface area contributed by atoms with Gasteiger partial charge in [0.1, 0.15) is 0 Å². The number of nitrogens with zero attached hydrogens (tertiary/aromatic N) is 1. The van der Waals surface area contributed by atoms with Crippen LogP contribution < -0.4 is 5.73 Å². The van der Waals surface area contributed by atoms with Gasteiger partial charge in [0.05, 0.1) is 28.4 Å². The molecule has 0 saturated carbocycles. The van der Waals surface area contributed by atoms with Crippen molar-refractivity contribution in [2.24, 2.45) is 11.7 Å². The van der Waals surface area contributed by atoms with Gasteiger partial charge in [0.2, 0.25) is 0 Å². The van der Waals surface area contributed by atoms with E-state index in [0.29, 0.717) is 5.92 Å². The molecule has 1 aliphatic heterocycles. The third-order valence-corrected chi connectivity index (χ3v) is 3.97. The minimum absolute atomic E-state index is 0.0250. The second-order valence-corrected chi connectivity index (χ2v) is 6.43. The lowest BCUT2D eigenvalue weighted by Gasteiger charge is -2.30. The van der Waals surface area contributed by atoms with E-state index in [9.17, 15) is 0 Å². The van der Waals surface area contributed by atoms with E-state index < -0.39 is 0 Å². The number of hydrogen-bond acceptors (Lipinski definition) is 4. The van der Waals surface area contributed by atoms with Crippen molar-refractivity contribution in [3.8, 4) is 0 Å². The molecule has 0 spiro atoms. The first-order chi connectivity index (χ1) is 7.32. The summed E-state index contributed by atoms with van der Waals surface area (Å²) in [4.78, 5) is 4.31. The average Bonchev–Trinajstić information content (AvgIpc) is 2.69. The SMILES string of the molecule is CC1(C)CC(C(N)c2cscn2)C(C)(C)O1. The summed E-state index contributed by atoms with van der Waals surface area (Å²) >= 11 is 1.59. The minimum Gasteiger partial charge on any atom is -0.369 e. The highest BCUT2D eigenvalue weighted by Crippen LogP contribution is 2.46. The van der Waals surface area contributed by atoms with Gasteiger partial charge < -0.3 is 10.5 Å². The van der Waals surface area contributed by atoms with Crippen LogP contribution in [-0.2, 0) is 4.74 Å². The van der Waals surface area contributed by atoms with Crippen molar-refractivity contribution < 1.29 is 4.74 Å². The van der Waals surface area contributed by atoms with Gasteiger partial charge in [0.25, 0.3) is 0 Å². The van der Waals surface area contributed by atoms with Crippen LogP contribution in [0.15, 0.2) is 10.9 Å².